The van der Waals surface area contributed by atoms with Crippen LogP contribution in [-0.2, 0) is 0 Å². The zero-order valence-corrected chi connectivity index (χ0v) is 12.2. The normalized spacial score (nSPS) is 10.3. The lowest BCUT2D eigenvalue weighted by atomic mass is 10.3. The van der Waals surface area contributed by atoms with Crippen molar-refractivity contribution >= 4 is 29.1 Å². The maximum absolute atomic E-state index is 11.1. The first kappa shape index (κ1) is 14.5. The monoisotopic (exact) mass is 311 g/mol. The number of halogens is 1. The first-order chi connectivity index (χ1) is 9.51. The molecule has 0 atom stereocenters. The predicted octanol–water partition coefficient (Wildman–Crippen LogP) is 3.51. The van der Waals surface area contributed by atoms with Gasteiger partial charge in [-0.3, -0.25) is 10.1 Å². The molecule has 0 aliphatic rings. The van der Waals surface area contributed by atoms with Crippen LogP contribution in [0, 0.1) is 17.0 Å². The van der Waals surface area contributed by atoms with Gasteiger partial charge in [0.15, 0.2) is 5.03 Å². The van der Waals surface area contributed by atoms with Gasteiger partial charge in [-0.05, 0) is 42.8 Å². The van der Waals surface area contributed by atoms with Crippen molar-refractivity contribution in [1.29, 1.82) is 0 Å². The van der Waals surface area contributed by atoms with E-state index in [9.17, 15) is 10.1 Å². The van der Waals surface area contributed by atoms with Crippen LogP contribution >= 0.6 is 23.4 Å². The lowest BCUT2D eigenvalue weighted by Gasteiger charge is -2.05. The number of rotatable bonds is 4. The Morgan fingerprint density at radius 1 is 1.30 bits per heavy atom. The van der Waals surface area contributed by atoms with E-state index in [0.29, 0.717) is 5.75 Å². The summed E-state index contributed by atoms with van der Waals surface area (Å²) in [5.74, 6) is 0.709. The Kier molecular flexibility index (Phi) is 4.41. The van der Waals surface area contributed by atoms with E-state index in [2.05, 4.69) is 9.97 Å². The van der Waals surface area contributed by atoms with Crippen LogP contribution in [0.3, 0.4) is 0 Å². The van der Waals surface area contributed by atoms with Gasteiger partial charge in [-0.2, -0.15) is 0 Å². The topological polar surface area (TPSA) is 78.2 Å². The Morgan fingerprint density at radius 2 is 1.95 bits per heavy atom. The van der Waals surface area contributed by atoms with Gasteiger partial charge < -0.3 is 4.74 Å². The van der Waals surface area contributed by atoms with Crippen LogP contribution in [0.1, 0.15) is 5.69 Å². The highest BCUT2D eigenvalue weighted by atomic mass is 35.5. The highest BCUT2D eigenvalue weighted by Crippen LogP contribution is 2.35. The van der Waals surface area contributed by atoms with E-state index in [1.807, 2.05) is 0 Å². The number of nitro groups is 1. The van der Waals surface area contributed by atoms with Gasteiger partial charge in [0.2, 0.25) is 5.28 Å². The van der Waals surface area contributed by atoms with Gasteiger partial charge in [-0.15, -0.1) is 0 Å². The molecule has 2 rings (SSSR count). The maximum Gasteiger partial charge on any atom is 0.322 e. The van der Waals surface area contributed by atoms with Crippen LogP contribution in [0.2, 0.25) is 5.28 Å². The van der Waals surface area contributed by atoms with E-state index >= 15 is 0 Å². The first-order valence-corrected chi connectivity index (χ1v) is 6.71. The van der Waals surface area contributed by atoms with Crippen molar-refractivity contribution < 1.29 is 9.66 Å². The maximum atomic E-state index is 11.1. The highest BCUT2D eigenvalue weighted by molar-refractivity contribution is 7.99. The van der Waals surface area contributed by atoms with Crippen molar-refractivity contribution in [2.24, 2.45) is 0 Å². The minimum atomic E-state index is -0.502. The summed E-state index contributed by atoms with van der Waals surface area (Å²) in [6.07, 6.45) is 0. The number of aromatic nitrogens is 2. The molecule has 0 N–H and O–H groups in total. The lowest BCUT2D eigenvalue weighted by Crippen LogP contribution is -2.00. The van der Waals surface area contributed by atoms with Crippen LogP contribution in [-0.4, -0.2) is 22.0 Å². The van der Waals surface area contributed by atoms with Crippen molar-refractivity contribution in [3.63, 3.8) is 0 Å². The third kappa shape index (κ3) is 3.17. The van der Waals surface area contributed by atoms with Crippen LogP contribution in [0.5, 0.6) is 5.75 Å². The minimum Gasteiger partial charge on any atom is -0.497 e. The van der Waals surface area contributed by atoms with E-state index in [-0.39, 0.29) is 21.7 Å². The average molecular weight is 312 g/mol. The van der Waals surface area contributed by atoms with Gasteiger partial charge in [-0.1, -0.05) is 11.8 Å². The molecule has 0 spiro atoms. The fraction of sp³-hybridized carbons (Fsp3) is 0.167. The van der Waals surface area contributed by atoms with Gasteiger partial charge >= 0.3 is 5.69 Å². The van der Waals surface area contributed by atoms with E-state index in [4.69, 9.17) is 16.3 Å². The summed E-state index contributed by atoms with van der Waals surface area (Å²) < 4.78 is 5.06. The van der Waals surface area contributed by atoms with Gasteiger partial charge in [0.25, 0.3) is 0 Å². The lowest BCUT2D eigenvalue weighted by molar-refractivity contribution is -0.389. The number of hydrogen-bond acceptors (Lipinski definition) is 6. The van der Waals surface area contributed by atoms with Crippen LogP contribution in [0.15, 0.2) is 34.2 Å². The molecule has 0 saturated heterocycles. The summed E-state index contributed by atoms with van der Waals surface area (Å²) in [5.41, 5.74) is 0.112. The molecule has 1 aromatic carbocycles. The molecule has 0 radical (unpaired) electrons. The molecule has 20 heavy (non-hydrogen) atoms. The summed E-state index contributed by atoms with van der Waals surface area (Å²) in [5, 5.41) is 11.3. The van der Waals surface area contributed by atoms with E-state index in [0.717, 1.165) is 16.7 Å². The van der Waals surface area contributed by atoms with Gasteiger partial charge in [0.05, 0.1) is 12.0 Å². The van der Waals surface area contributed by atoms with Crippen molar-refractivity contribution in [3.8, 4) is 5.75 Å². The third-order valence-corrected chi connectivity index (χ3v) is 3.61. The fourth-order valence-corrected chi connectivity index (χ4v) is 2.75. The molecule has 1 aromatic heterocycles. The van der Waals surface area contributed by atoms with E-state index in [1.165, 1.54) is 6.92 Å². The Labute approximate surface area is 124 Å². The SMILES string of the molecule is COc1ccc(Sc2nc(Cl)nc(C)c2[N+](=O)[O-])cc1. The fourth-order valence-electron chi connectivity index (χ4n) is 1.54. The quantitative estimate of drug-likeness (QED) is 0.372. The summed E-state index contributed by atoms with van der Waals surface area (Å²) in [4.78, 5) is 19.1. The molecular weight excluding hydrogens is 302 g/mol. The van der Waals surface area contributed by atoms with E-state index in [1.54, 1.807) is 31.4 Å². The number of hydrogen-bond donors (Lipinski definition) is 0. The Morgan fingerprint density at radius 3 is 2.50 bits per heavy atom. The highest BCUT2D eigenvalue weighted by Gasteiger charge is 2.22. The Balaban J connectivity index is 2.39. The summed E-state index contributed by atoms with van der Waals surface area (Å²) in [7, 11) is 1.57. The second kappa shape index (κ2) is 6.06. The molecule has 8 heteroatoms. The molecule has 2 aromatic rings. The largest absolute Gasteiger partial charge is 0.497 e. The van der Waals surface area contributed by atoms with Crippen LogP contribution in [0.4, 0.5) is 5.69 Å². The number of ether oxygens (including phenoxy) is 1. The average Bonchev–Trinajstić information content (AvgIpc) is 2.38. The molecule has 0 bridgehead atoms. The third-order valence-electron chi connectivity index (χ3n) is 2.46. The molecule has 0 aliphatic heterocycles. The van der Waals surface area contributed by atoms with E-state index < -0.39 is 4.92 Å². The minimum absolute atomic E-state index is 0.0101. The van der Waals surface area contributed by atoms with Gasteiger partial charge in [-0.25, -0.2) is 9.97 Å². The first-order valence-electron chi connectivity index (χ1n) is 5.51. The molecule has 0 unspecified atom stereocenters. The zero-order chi connectivity index (χ0) is 14.7. The van der Waals surface area contributed by atoms with Gasteiger partial charge in [0.1, 0.15) is 11.4 Å². The van der Waals surface area contributed by atoms with Crippen molar-refractivity contribution in [3.05, 3.63) is 45.4 Å². The number of methoxy groups -OCH3 is 1. The molecule has 0 amide bonds. The Bertz CT molecular complexity index is 649. The standard InChI is InChI=1S/C12H10ClN3O3S/c1-7-10(16(17)18)11(15-12(13)14-7)20-9-5-3-8(19-2)4-6-9/h3-6H,1-2H3. The molecule has 104 valence electrons. The number of benzene rings is 1. The summed E-state index contributed by atoms with van der Waals surface area (Å²) in [6.45, 7) is 1.53. The van der Waals surface area contributed by atoms with Crippen molar-refractivity contribution in [2.75, 3.05) is 7.11 Å². The molecule has 0 saturated carbocycles. The molecule has 1 heterocycles. The predicted molar refractivity (Wildman–Crippen MR) is 75.6 cm³/mol. The second-order valence-electron chi connectivity index (χ2n) is 3.77. The number of aryl methyl sites for hydroxylation is 1. The number of nitrogens with zero attached hydrogens (tertiary/aromatic N) is 3. The summed E-state index contributed by atoms with van der Waals surface area (Å²) in [6, 6.07) is 7.12. The van der Waals surface area contributed by atoms with Crippen LogP contribution < -0.4 is 4.74 Å². The molecular formula is C12H10ClN3O3S. The zero-order valence-electron chi connectivity index (χ0n) is 10.7. The Hall–Kier alpha value is -1.86. The second-order valence-corrected chi connectivity index (χ2v) is 5.17. The van der Waals surface area contributed by atoms with Crippen molar-refractivity contribution in [1.82, 2.24) is 9.97 Å². The van der Waals surface area contributed by atoms with Gasteiger partial charge in [0, 0.05) is 4.90 Å². The molecule has 6 nitrogen and oxygen atoms in total. The summed E-state index contributed by atoms with van der Waals surface area (Å²) >= 11 is 6.92. The molecule has 0 fully saturated rings. The smallest absolute Gasteiger partial charge is 0.322 e. The van der Waals surface area contributed by atoms with Crippen molar-refractivity contribution in [2.45, 2.75) is 16.8 Å². The molecule has 0 aliphatic carbocycles. The van der Waals surface area contributed by atoms with Crippen LogP contribution in [0.25, 0.3) is 0 Å².